The molecule has 0 aliphatic heterocycles. The van der Waals surface area contributed by atoms with E-state index in [9.17, 15) is 4.79 Å². The van der Waals surface area contributed by atoms with Gasteiger partial charge in [-0.25, -0.2) is 4.98 Å². The van der Waals surface area contributed by atoms with E-state index in [-0.39, 0.29) is 11.9 Å². The van der Waals surface area contributed by atoms with Gasteiger partial charge in [0.15, 0.2) is 5.82 Å². The van der Waals surface area contributed by atoms with Gasteiger partial charge in [0.2, 0.25) is 5.88 Å². The van der Waals surface area contributed by atoms with Gasteiger partial charge in [-0.2, -0.15) is 4.98 Å². The molecule has 166 valence electrons. The van der Waals surface area contributed by atoms with Crippen molar-refractivity contribution in [3.05, 3.63) is 102 Å². The van der Waals surface area contributed by atoms with Gasteiger partial charge in [-0.1, -0.05) is 48.0 Å². The number of benzene rings is 3. The van der Waals surface area contributed by atoms with Crippen LogP contribution in [0.5, 0.6) is 17.4 Å². The molecule has 0 saturated carbocycles. The summed E-state index contributed by atoms with van der Waals surface area (Å²) < 4.78 is 11.1. The van der Waals surface area contributed by atoms with E-state index in [1.54, 1.807) is 37.6 Å². The lowest BCUT2D eigenvalue weighted by atomic mass is 10.1. The van der Waals surface area contributed by atoms with Crippen LogP contribution >= 0.6 is 0 Å². The van der Waals surface area contributed by atoms with Crippen molar-refractivity contribution >= 4 is 5.91 Å². The predicted octanol–water partition coefficient (Wildman–Crippen LogP) is 5.74. The topological polar surface area (TPSA) is 73.3 Å². The second-order valence-electron chi connectivity index (χ2n) is 7.69. The summed E-state index contributed by atoms with van der Waals surface area (Å²) in [7, 11) is 1.60. The highest BCUT2D eigenvalue weighted by Crippen LogP contribution is 2.25. The van der Waals surface area contributed by atoms with Crippen molar-refractivity contribution in [1.29, 1.82) is 0 Å². The predicted molar refractivity (Wildman–Crippen MR) is 128 cm³/mol. The third kappa shape index (κ3) is 5.54. The van der Waals surface area contributed by atoms with E-state index >= 15 is 0 Å². The second kappa shape index (κ2) is 9.96. The minimum atomic E-state index is -0.159. The van der Waals surface area contributed by atoms with Crippen LogP contribution in [0.2, 0.25) is 0 Å². The van der Waals surface area contributed by atoms with Gasteiger partial charge < -0.3 is 14.8 Å². The van der Waals surface area contributed by atoms with Crippen LogP contribution in [0.3, 0.4) is 0 Å². The van der Waals surface area contributed by atoms with Crippen LogP contribution in [-0.2, 0) is 0 Å². The highest BCUT2D eigenvalue weighted by molar-refractivity contribution is 5.95. The Morgan fingerprint density at radius 3 is 2.48 bits per heavy atom. The first-order chi connectivity index (χ1) is 16.0. The lowest BCUT2D eigenvalue weighted by molar-refractivity contribution is 0.0940. The zero-order chi connectivity index (χ0) is 23.2. The zero-order valence-corrected chi connectivity index (χ0v) is 18.8. The van der Waals surface area contributed by atoms with Gasteiger partial charge >= 0.3 is 0 Å². The maximum Gasteiger partial charge on any atom is 0.251 e. The minimum Gasteiger partial charge on any atom is -0.497 e. The minimum absolute atomic E-state index is 0.113. The van der Waals surface area contributed by atoms with E-state index in [0.717, 1.165) is 11.1 Å². The molecule has 0 radical (unpaired) electrons. The molecule has 1 aromatic heterocycles. The number of amides is 1. The Morgan fingerprint density at radius 1 is 0.939 bits per heavy atom. The molecule has 0 bridgehead atoms. The number of aromatic nitrogens is 2. The molecule has 0 unspecified atom stereocenters. The summed E-state index contributed by atoms with van der Waals surface area (Å²) in [5, 5.41) is 3.05. The van der Waals surface area contributed by atoms with Gasteiger partial charge in [-0.05, 0) is 43.7 Å². The van der Waals surface area contributed by atoms with Crippen molar-refractivity contribution in [2.24, 2.45) is 0 Å². The molecule has 3 aromatic carbocycles. The normalized spacial score (nSPS) is 11.5. The highest BCUT2D eigenvalue weighted by atomic mass is 16.5. The van der Waals surface area contributed by atoms with Crippen molar-refractivity contribution in [1.82, 2.24) is 15.3 Å². The molecule has 0 aliphatic rings. The van der Waals surface area contributed by atoms with Crippen LogP contribution < -0.4 is 14.8 Å². The monoisotopic (exact) mass is 439 g/mol. The fourth-order valence-corrected chi connectivity index (χ4v) is 3.34. The van der Waals surface area contributed by atoms with Crippen molar-refractivity contribution < 1.29 is 14.3 Å². The van der Waals surface area contributed by atoms with E-state index < -0.39 is 0 Å². The molecule has 0 spiro atoms. The number of rotatable bonds is 7. The molecular formula is C27H25N3O3. The van der Waals surface area contributed by atoms with Gasteiger partial charge in [0.25, 0.3) is 5.91 Å². The van der Waals surface area contributed by atoms with Crippen LogP contribution in [0.1, 0.15) is 34.5 Å². The number of carbonyl (C=O) groups is 1. The van der Waals surface area contributed by atoms with Crippen LogP contribution in [0.4, 0.5) is 0 Å². The number of nitrogens with one attached hydrogen (secondary N) is 1. The summed E-state index contributed by atoms with van der Waals surface area (Å²) >= 11 is 0. The standard InChI is InChI=1S/C27H25N3O3/c1-18-10-12-20(13-11-18)19(2)29-27(31)22-7-4-6-21(16-22)26-28-15-14-25(30-26)33-24-9-5-8-23(17-24)32-3/h4-17,19H,1-3H3,(H,29,31)/t19-/m1/s1. The summed E-state index contributed by atoms with van der Waals surface area (Å²) in [6.07, 6.45) is 1.63. The molecule has 1 N–H and O–H groups in total. The lowest BCUT2D eigenvalue weighted by Gasteiger charge is -2.15. The first kappa shape index (κ1) is 22.0. The molecule has 6 nitrogen and oxygen atoms in total. The van der Waals surface area contributed by atoms with Gasteiger partial charge in [0, 0.05) is 29.5 Å². The fraction of sp³-hybridized carbons (Fsp3) is 0.148. The fourth-order valence-electron chi connectivity index (χ4n) is 3.34. The SMILES string of the molecule is COc1cccc(Oc2ccnc(-c3cccc(C(=O)N[C@H](C)c4ccc(C)cc4)c3)n2)c1. The maximum absolute atomic E-state index is 12.9. The molecular weight excluding hydrogens is 414 g/mol. The summed E-state index contributed by atoms with van der Waals surface area (Å²) in [5.41, 5.74) is 3.49. The molecule has 1 amide bonds. The van der Waals surface area contributed by atoms with Gasteiger partial charge in [0.05, 0.1) is 13.2 Å². The Hall–Kier alpha value is -4.19. The van der Waals surface area contributed by atoms with Crippen molar-refractivity contribution in [2.75, 3.05) is 7.11 Å². The number of hydrogen-bond donors (Lipinski definition) is 1. The van der Waals surface area contributed by atoms with Gasteiger partial charge in [-0.15, -0.1) is 0 Å². The summed E-state index contributed by atoms with van der Waals surface area (Å²) in [5.74, 6) is 2.01. The van der Waals surface area contributed by atoms with Gasteiger partial charge in [0.1, 0.15) is 11.5 Å². The Balaban J connectivity index is 1.50. The average molecular weight is 440 g/mol. The smallest absolute Gasteiger partial charge is 0.251 e. The van der Waals surface area contributed by atoms with E-state index in [1.807, 2.05) is 68.4 Å². The second-order valence-corrected chi connectivity index (χ2v) is 7.69. The summed E-state index contributed by atoms with van der Waals surface area (Å²) in [6, 6.07) is 24.2. The van der Waals surface area contributed by atoms with Crippen LogP contribution in [0, 0.1) is 6.92 Å². The number of nitrogens with zero attached hydrogens (tertiary/aromatic N) is 2. The Bertz CT molecular complexity index is 1260. The molecule has 1 atom stereocenters. The Kier molecular flexibility index (Phi) is 6.64. The molecule has 4 rings (SSSR count). The maximum atomic E-state index is 12.9. The number of ether oxygens (including phenoxy) is 2. The highest BCUT2D eigenvalue weighted by Gasteiger charge is 2.13. The first-order valence-electron chi connectivity index (χ1n) is 10.6. The molecule has 0 aliphatic carbocycles. The Morgan fingerprint density at radius 2 is 1.70 bits per heavy atom. The number of aryl methyl sites for hydroxylation is 1. The van der Waals surface area contributed by atoms with Crippen LogP contribution in [-0.4, -0.2) is 23.0 Å². The van der Waals surface area contributed by atoms with Crippen molar-refractivity contribution in [3.8, 4) is 28.8 Å². The van der Waals surface area contributed by atoms with E-state index in [4.69, 9.17) is 9.47 Å². The largest absolute Gasteiger partial charge is 0.497 e. The molecule has 4 aromatic rings. The number of carbonyl (C=O) groups excluding carboxylic acids is 1. The van der Waals surface area contributed by atoms with Crippen molar-refractivity contribution in [3.63, 3.8) is 0 Å². The molecule has 0 fully saturated rings. The van der Waals surface area contributed by atoms with Gasteiger partial charge in [-0.3, -0.25) is 4.79 Å². The summed E-state index contributed by atoms with van der Waals surface area (Å²) in [4.78, 5) is 21.7. The van der Waals surface area contributed by atoms with Crippen LogP contribution in [0.25, 0.3) is 11.4 Å². The summed E-state index contributed by atoms with van der Waals surface area (Å²) in [6.45, 7) is 4.01. The van der Waals surface area contributed by atoms with E-state index in [1.165, 1.54) is 5.56 Å². The third-order valence-electron chi connectivity index (χ3n) is 5.20. The lowest BCUT2D eigenvalue weighted by Crippen LogP contribution is -2.26. The van der Waals surface area contributed by atoms with E-state index in [2.05, 4.69) is 15.3 Å². The zero-order valence-electron chi connectivity index (χ0n) is 18.8. The number of hydrogen-bond acceptors (Lipinski definition) is 5. The number of methoxy groups -OCH3 is 1. The molecule has 0 saturated heterocycles. The quantitative estimate of drug-likeness (QED) is 0.397. The van der Waals surface area contributed by atoms with Crippen LogP contribution in [0.15, 0.2) is 85.1 Å². The molecule has 1 heterocycles. The third-order valence-corrected chi connectivity index (χ3v) is 5.20. The van der Waals surface area contributed by atoms with E-state index in [0.29, 0.717) is 28.8 Å². The Labute approximate surface area is 193 Å². The first-order valence-corrected chi connectivity index (χ1v) is 10.6. The average Bonchev–Trinajstić information content (AvgIpc) is 2.85. The van der Waals surface area contributed by atoms with Crippen molar-refractivity contribution in [2.45, 2.75) is 19.9 Å². The molecule has 33 heavy (non-hydrogen) atoms. The molecule has 6 heteroatoms.